The van der Waals surface area contributed by atoms with Gasteiger partial charge < -0.3 is 26.2 Å². The van der Waals surface area contributed by atoms with Crippen LogP contribution in [0, 0.1) is 0 Å². The van der Waals surface area contributed by atoms with Gasteiger partial charge in [-0.1, -0.05) is 19.1 Å². The summed E-state index contributed by atoms with van der Waals surface area (Å²) in [5, 5.41) is 6.37. The van der Waals surface area contributed by atoms with Crippen molar-refractivity contribution < 1.29 is 4.79 Å². The number of aromatic nitrogens is 2. The summed E-state index contributed by atoms with van der Waals surface area (Å²) in [5.74, 6) is 0.152. The monoisotopic (exact) mass is 445 g/mol. The third-order valence-corrected chi connectivity index (χ3v) is 5.95. The van der Waals surface area contributed by atoms with Crippen LogP contribution in [-0.4, -0.2) is 59.5 Å². The molecular formula is C25H31N7O. The van der Waals surface area contributed by atoms with Gasteiger partial charge in [0.25, 0.3) is 0 Å². The highest BCUT2D eigenvalue weighted by Gasteiger charge is 2.15. The van der Waals surface area contributed by atoms with E-state index in [-0.39, 0.29) is 0 Å². The van der Waals surface area contributed by atoms with Crippen molar-refractivity contribution in [3.63, 3.8) is 0 Å². The molecule has 1 saturated heterocycles. The molecule has 1 aromatic heterocycles. The van der Waals surface area contributed by atoms with Gasteiger partial charge in [-0.15, -0.1) is 0 Å². The molecule has 8 nitrogen and oxygen atoms in total. The fourth-order valence-electron chi connectivity index (χ4n) is 3.85. The molecule has 1 aliphatic rings. The summed E-state index contributed by atoms with van der Waals surface area (Å²) < 4.78 is 0. The first kappa shape index (κ1) is 22.5. The number of benzene rings is 2. The van der Waals surface area contributed by atoms with Crippen LogP contribution in [0.3, 0.4) is 0 Å². The lowest BCUT2D eigenvalue weighted by molar-refractivity contribution is -0.118. The normalized spacial score (nSPS) is 15.2. The first-order valence-corrected chi connectivity index (χ1v) is 11.4. The van der Waals surface area contributed by atoms with E-state index in [1.165, 1.54) is 5.69 Å². The average Bonchev–Trinajstić information content (AvgIpc) is 2.85. The summed E-state index contributed by atoms with van der Waals surface area (Å²) in [5.41, 5.74) is 10.1. The number of nitrogens with zero attached hydrogens (tertiary/aromatic N) is 4. The van der Waals surface area contributed by atoms with E-state index in [1.54, 1.807) is 13.1 Å². The number of hydrogen-bond acceptors (Lipinski definition) is 7. The van der Waals surface area contributed by atoms with Crippen molar-refractivity contribution in [1.82, 2.24) is 14.9 Å². The number of anilines is 4. The van der Waals surface area contributed by atoms with Gasteiger partial charge in [0.15, 0.2) is 0 Å². The van der Waals surface area contributed by atoms with Gasteiger partial charge in [-0.25, -0.2) is 9.97 Å². The van der Waals surface area contributed by atoms with E-state index < -0.39 is 11.9 Å². The molecule has 172 valence electrons. The van der Waals surface area contributed by atoms with Gasteiger partial charge in [-0.2, -0.15) is 0 Å². The van der Waals surface area contributed by atoms with Gasteiger partial charge in [0.05, 0.1) is 5.69 Å². The van der Waals surface area contributed by atoms with Gasteiger partial charge >= 0.3 is 0 Å². The third kappa shape index (κ3) is 5.78. The van der Waals surface area contributed by atoms with Crippen molar-refractivity contribution in [3.05, 3.63) is 60.8 Å². The first-order valence-electron chi connectivity index (χ1n) is 11.4. The molecule has 0 aliphatic carbocycles. The lowest BCUT2D eigenvalue weighted by atomic mass is 10.1. The van der Waals surface area contributed by atoms with E-state index >= 15 is 0 Å². The predicted molar refractivity (Wildman–Crippen MR) is 134 cm³/mol. The Hall–Kier alpha value is -3.65. The van der Waals surface area contributed by atoms with E-state index in [4.69, 9.17) is 5.73 Å². The van der Waals surface area contributed by atoms with E-state index in [9.17, 15) is 4.79 Å². The van der Waals surface area contributed by atoms with Crippen LogP contribution >= 0.6 is 0 Å². The van der Waals surface area contributed by atoms with Crippen LogP contribution in [0.15, 0.2) is 60.8 Å². The molecule has 0 spiro atoms. The number of rotatable bonds is 8. The SMILES string of the molecule is CCN1CCN(c2ccc(Nc3nccc(-c4ccc(N[C@H](C)C(N)=O)cc4)n3)cc2)CC1. The minimum absolute atomic E-state index is 0.391. The van der Waals surface area contributed by atoms with Crippen molar-refractivity contribution in [2.75, 3.05) is 48.3 Å². The molecule has 4 N–H and O–H groups in total. The molecule has 2 heterocycles. The molecule has 1 aliphatic heterocycles. The summed E-state index contributed by atoms with van der Waals surface area (Å²) in [6, 6.07) is 17.6. The maximum atomic E-state index is 11.2. The Kier molecular flexibility index (Phi) is 7.04. The predicted octanol–water partition coefficient (Wildman–Crippen LogP) is 3.31. The quantitative estimate of drug-likeness (QED) is 0.489. The van der Waals surface area contributed by atoms with Gasteiger partial charge in [-0.3, -0.25) is 4.79 Å². The molecule has 0 saturated carbocycles. The van der Waals surface area contributed by atoms with Crippen LogP contribution in [-0.2, 0) is 4.79 Å². The highest BCUT2D eigenvalue weighted by molar-refractivity contribution is 5.82. The average molecular weight is 446 g/mol. The molecule has 33 heavy (non-hydrogen) atoms. The van der Waals surface area contributed by atoms with Crippen LogP contribution in [0.5, 0.6) is 0 Å². The number of hydrogen-bond donors (Lipinski definition) is 3. The Labute approximate surface area is 194 Å². The Balaban J connectivity index is 1.39. The smallest absolute Gasteiger partial charge is 0.239 e. The van der Waals surface area contributed by atoms with E-state index in [0.717, 1.165) is 55.4 Å². The zero-order valence-corrected chi connectivity index (χ0v) is 19.2. The molecule has 4 rings (SSSR count). The molecular weight excluding hydrogens is 414 g/mol. The Bertz CT molecular complexity index is 1060. The molecule has 1 fully saturated rings. The Morgan fingerprint density at radius 2 is 1.67 bits per heavy atom. The highest BCUT2D eigenvalue weighted by Crippen LogP contribution is 2.24. The second-order valence-corrected chi connectivity index (χ2v) is 8.20. The topological polar surface area (TPSA) is 99.4 Å². The maximum absolute atomic E-state index is 11.2. The Morgan fingerprint density at radius 3 is 2.30 bits per heavy atom. The van der Waals surface area contributed by atoms with Gasteiger partial charge in [-0.05, 0) is 55.9 Å². The van der Waals surface area contributed by atoms with Crippen LogP contribution in [0.2, 0.25) is 0 Å². The minimum atomic E-state index is -0.432. The summed E-state index contributed by atoms with van der Waals surface area (Å²) in [7, 11) is 0. The molecule has 3 aromatic rings. The summed E-state index contributed by atoms with van der Waals surface area (Å²) in [4.78, 5) is 25.2. The van der Waals surface area contributed by atoms with Gasteiger partial charge in [0.2, 0.25) is 11.9 Å². The lowest BCUT2D eigenvalue weighted by Crippen LogP contribution is -2.46. The number of piperazine rings is 1. The molecule has 1 amide bonds. The summed E-state index contributed by atoms with van der Waals surface area (Å²) in [6.07, 6.45) is 1.74. The fourth-order valence-corrected chi connectivity index (χ4v) is 3.85. The van der Waals surface area contributed by atoms with Gasteiger partial charge in [0.1, 0.15) is 6.04 Å². The Morgan fingerprint density at radius 1 is 1.00 bits per heavy atom. The fraction of sp³-hybridized carbons (Fsp3) is 0.320. The number of carbonyl (C=O) groups is 1. The zero-order valence-electron chi connectivity index (χ0n) is 19.2. The van der Waals surface area contributed by atoms with Gasteiger partial charge in [0, 0.05) is 55.0 Å². The van der Waals surface area contributed by atoms with Crippen molar-refractivity contribution in [2.24, 2.45) is 5.73 Å². The van der Waals surface area contributed by atoms with Crippen molar-refractivity contribution in [2.45, 2.75) is 19.9 Å². The number of amides is 1. The summed E-state index contributed by atoms with van der Waals surface area (Å²) >= 11 is 0. The number of nitrogens with one attached hydrogen (secondary N) is 2. The van der Waals surface area contributed by atoms with E-state index in [2.05, 4.69) is 61.6 Å². The van der Waals surface area contributed by atoms with E-state index in [0.29, 0.717) is 5.95 Å². The lowest BCUT2D eigenvalue weighted by Gasteiger charge is -2.35. The van der Waals surface area contributed by atoms with E-state index in [1.807, 2.05) is 30.3 Å². The zero-order chi connectivity index (χ0) is 23.2. The number of nitrogens with two attached hydrogens (primary N) is 1. The molecule has 0 unspecified atom stereocenters. The second kappa shape index (κ2) is 10.3. The van der Waals surface area contributed by atoms with Crippen LogP contribution in [0.1, 0.15) is 13.8 Å². The largest absolute Gasteiger partial charge is 0.374 e. The number of primary amides is 1. The third-order valence-electron chi connectivity index (χ3n) is 5.95. The second-order valence-electron chi connectivity index (χ2n) is 8.20. The minimum Gasteiger partial charge on any atom is -0.374 e. The first-order chi connectivity index (χ1) is 16.0. The molecule has 0 bridgehead atoms. The molecule has 8 heteroatoms. The molecule has 0 radical (unpaired) electrons. The summed E-state index contributed by atoms with van der Waals surface area (Å²) in [6.45, 7) is 9.40. The van der Waals surface area contributed by atoms with Crippen molar-refractivity contribution in [1.29, 1.82) is 0 Å². The van der Waals surface area contributed by atoms with Crippen LogP contribution in [0.25, 0.3) is 11.3 Å². The maximum Gasteiger partial charge on any atom is 0.239 e. The number of likely N-dealkylation sites (N-methyl/N-ethyl adjacent to an activating group) is 1. The van der Waals surface area contributed by atoms with Crippen molar-refractivity contribution in [3.8, 4) is 11.3 Å². The van der Waals surface area contributed by atoms with Crippen LogP contribution in [0.4, 0.5) is 23.0 Å². The van der Waals surface area contributed by atoms with Crippen LogP contribution < -0.4 is 21.3 Å². The highest BCUT2D eigenvalue weighted by atomic mass is 16.1. The molecule has 1 atom stereocenters. The standard InChI is InChI=1S/C25H31N7O/c1-3-31-14-16-32(17-15-31)22-10-8-21(9-11-22)29-25-27-13-12-23(30-25)19-4-6-20(7-5-19)28-18(2)24(26)33/h4-13,18,28H,3,14-17H2,1-2H3,(H2,26,33)(H,27,29,30)/t18-/m1/s1. The van der Waals surface area contributed by atoms with Crippen molar-refractivity contribution >= 4 is 28.9 Å². The number of carbonyl (C=O) groups excluding carboxylic acids is 1. The molecule has 2 aromatic carbocycles.